The van der Waals surface area contributed by atoms with Gasteiger partial charge in [0.25, 0.3) is 0 Å². The maximum Gasteiger partial charge on any atom is 0.145 e. The molecule has 0 aliphatic heterocycles. The lowest BCUT2D eigenvalue weighted by atomic mass is 10.2. The van der Waals surface area contributed by atoms with Crippen LogP contribution in [0.15, 0.2) is 6.20 Å². The fourth-order valence-corrected chi connectivity index (χ4v) is 1.05. The Balaban J connectivity index is 2.80. The molecule has 0 aliphatic carbocycles. The van der Waals surface area contributed by atoms with Crippen LogP contribution in [0.2, 0.25) is 0 Å². The zero-order valence-electron chi connectivity index (χ0n) is 7.07. The standard InChI is InChI=1S/C7H14N4O/c1-5(2-3-12)11-7(9)6(8)4-10-11/h4-5,12H,2-3,8-9H2,1H3. The summed E-state index contributed by atoms with van der Waals surface area (Å²) < 4.78 is 1.62. The minimum atomic E-state index is 0.0901. The van der Waals surface area contributed by atoms with Crippen LogP contribution in [0.3, 0.4) is 0 Å². The van der Waals surface area contributed by atoms with E-state index < -0.39 is 0 Å². The molecule has 1 unspecified atom stereocenters. The summed E-state index contributed by atoms with van der Waals surface area (Å²) in [6.45, 7) is 2.05. The first-order valence-electron chi connectivity index (χ1n) is 3.86. The van der Waals surface area contributed by atoms with Crippen molar-refractivity contribution in [2.45, 2.75) is 19.4 Å². The number of nitrogen functional groups attached to an aromatic ring is 2. The number of nitrogens with zero attached hydrogens (tertiary/aromatic N) is 2. The van der Waals surface area contributed by atoms with E-state index in [1.165, 1.54) is 6.20 Å². The van der Waals surface area contributed by atoms with E-state index in [0.29, 0.717) is 17.9 Å². The lowest BCUT2D eigenvalue weighted by Crippen LogP contribution is -2.11. The summed E-state index contributed by atoms with van der Waals surface area (Å²) in [5, 5.41) is 12.7. The maximum absolute atomic E-state index is 8.68. The molecule has 0 amide bonds. The van der Waals surface area contributed by atoms with Gasteiger partial charge in [-0.25, -0.2) is 4.68 Å². The van der Waals surface area contributed by atoms with E-state index in [-0.39, 0.29) is 12.6 Å². The van der Waals surface area contributed by atoms with E-state index >= 15 is 0 Å². The first-order chi connectivity index (χ1) is 5.66. The molecule has 1 rings (SSSR count). The Kier molecular flexibility index (Phi) is 2.54. The Morgan fingerprint density at radius 1 is 1.67 bits per heavy atom. The van der Waals surface area contributed by atoms with Crippen molar-refractivity contribution in [3.8, 4) is 0 Å². The number of rotatable bonds is 3. The number of aromatic nitrogens is 2. The summed E-state index contributed by atoms with van der Waals surface area (Å²) >= 11 is 0. The molecule has 0 bridgehead atoms. The van der Waals surface area contributed by atoms with Gasteiger partial charge in [-0.3, -0.25) is 0 Å². The Morgan fingerprint density at radius 2 is 2.33 bits per heavy atom. The molecule has 0 saturated heterocycles. The van der Waals surface area contributed by atoms with E-state index in [1.807, 2.05) is 6.92 Å². The van der Waals surface area contributed by atoms with Crippen LogP contribution in [0, 0.1) is 0 Å². The molecule has 5 nitrogen and oxygen atoms in total. The second kappa shape index (κ2) is 3.44. The smallest absolute Gasteiger partial charge is 0.145 e. The molecule has 1 aromatic rings. The molecular formula is C7H14N4O. The molecular weight excluding hydrogens is 156 g/mol. The molecule has 1 heterocycles. The van der Waals surface area contributed by atoms with Gasteiger partial charge in [-0.05, 0) is 13.3 Å². The van der Waals surface area contributed by atoms with E-state index in [0.717, 1.165) is 0 Å². The molecule has 0 spiro atoms. The van der Waals surface area contributed by atoms with Gasteiger partial charge in [0.05, 0.1) is 17.9 Å². The predicted octanol–water partition coefficient (Wildman–Crippen LogP) is -0.00910. The van der Waals surface area contributed by atoms with Crippen LogP contribution >= 0.6 is 0 Å². The second-order valence-corrected chi connectivity index (χ2v) is 2.79. The highest BCUT2D eigenvalue weighted by Crippen LogP contribution is 2.19. The van der Waals surface area contributed by atoms with Crippen molar-refractivity contribution in [1.82, 2.24) is 9.78 Å². The minimum Gasteiger partial charge on any atom is -0.396 e. The van der Waals surface area contributed by atoms with Crippen LogP contribution in [-0.4, -0.2) is 21.5 Å². The van der Waals surface area contributed by atoms with Gasteiger partial charge in [-0.1, -0.05) is 0 Å². The molecule has 1 aromatic heterocycles. The number of hydrogen-bond donors (Lipinski definition) is 3. The molecule has 0 saturated carbocycles. The van der Waals surface area contributed by atoms with Crippen LogP contribution < -0.4 is 11.5 Å². The van der Waals surface area contributed by atoms with Gasteiger partial charge in [-0.15, -0.1) is 0 Å². The zero-order valence-corrected chi connectivity index (χ0v) is 7.07. The Hall–Kier alpha value is -1.23. The molecule has 12 heavy (non-hydrogen) atoms. The molecule has 0 fully saturated rings. The average Bonchev–Trinajstić information content (AvgIpc) is 2.34. The monoisotopic (exact) mass is 170 g/mol. The van der Waals surface area contributed by atoms with E-state index in [4.69, 9.17) is 16.6 Å². The highest BCUT2D eigenvalue weighted by molar-refractivity contribution is 5.57. The van der Waals surface area contributed by atoms with Crippen LogP contribution in [0.25, 0.3) is 0 Å². The fraction of sp³-hybridized carbons (Fsp3) is 0.571. The maximum atomic E-state index is 8.68. The number of nitrogens with two attached hydrogens (primary N) is 2. The topological polar surface area (TPSA) is 90.1 Å². The molecule has 1 atom stereocenters. The first kappa shape index (κ1) is 8.86. The zero-order chi connectivity index (χ0) is 9.14. The Morgan fingerprint density at radius 3 is 2.75 bits per heavy atom. The van der Waals surface area contributed by atoms with Crippen LogP contribution in [0.4, 0.5) is 11.5 Å². The quantitative estimate of drug-likeness (QED) is 0.595. The second-order valence-electron chi connectivity index (χ2n) is 2.79. The van der Waals surface area contributed by atoms with Crippen molar-refractivity contribution in [2.24, 2.45) is 0 Å². The lowest BCUT2D eigenvalue weighted by molar-refractivity contribution is 0.258. The number of anilines is 2. The van der Waals surface area contributed by atoms with E-state index in [9.17, 15) is 0 Å². The van der Waals surface area contributed by atoms with Gasteiger partial charge in [0.15, 0.2) is 0 Å². The van der Waals surface area contributed by atoms with Crippen molar-refractivity contribution in [2.75, 3.05) is 18.1 Å². The van der Waals surface area contributed by atoms with Gasteiger partial charge in [0.2, 0.25) is 0 Å². The summed E-state index contributed by atoms with van der Waals surface area (Å²) in [6, 6.07) is 0.0901. The van der Waals surface area contributed by atoms with Gasteiger partial charge < -0.3 is 16.6 Å². The van der Waals surface area contributed by atoms with Crippen LogP contribution in [0.5, 0.6) is 0 Å². The third-order valence-corrected chi connectivity index (χ3v) is 1.83. The number of hydrogen-bond acceptors (Lipinski definition) is 4. The SMILES string of the molecule is CC(CCO)n1ncc(N)c1N. The van der Waals surface area contributed by atoms with E-state index in [2.05, 4.69) is 5.10 Å². The number of aliphatic hydroxyl groups excluding tert-OH is 1. The van der Waals surface area contributed by atoms with Crippen LogP contribution in [0.1, 0.15) is 19.4 Å². The highest BCUT2D eigenvalue weighted by Gasteiger charge is 2.09. The highest BCUT2D eigenvalue weighted by atomic mass is 16.3. The summed E-state index contributed by atoms with van der Waals surface area (Å²) in [5.74, 6) is 0.468. The Labute approximate surface area is 71.0 Å². The van der Waals surface area contributed by atoms with Crippen molar-refractivity contribution >= 4 is 11.5 Å². The van der Waals surface area contributed by atoms with Crippen molar-refractivity contribution in [3.63, 3.8) is 0 Å². The molecule has 68 valence electrons. The molecule has 5 N–H and O–H groups in total. The van der Waals surface area contributed by atoms with Crippen molar-refractivity contribution in [3.05, 3.63) is 6.20 Å². The van der Waals surface area contributed by atoms with Gasteiger partial charge in [0.1, 0.15) is 5.82 Å². The average molecular weight is 170 g/mol. The third-order valence-electron chi connectivity index (χ3n) is 1.83. The molecule has 0 aliphatic rings. The van der Waals surface area contributed by atoms with Crippen molar-refractivity contribution in [1.29, 1.82) is 0 Å². The molecule has 5 heteroatoms. The third kappa shape index (κ3) is 1.50. The first-order valence-corrected chi connectivity index (χ1v) is 3.86. The van der Waals surface area contributed by atoms with E-state index in [1.54, 1.807) is 4.68 Å². The summed E-state index contributed by atoms with van der Waals surface area (Å²) in [6.07, 6.45) is 2.15. The fourth-order valence-electron chi connectivity index (χ4n) is 1.05. The molecule has 0 aromatic carbocycles. The minimum absolute atomic E-state index is 0.0901. The van der Waals surface area contributed by atoms with Crippen LogP contribution in [-0.2, 0) is 0 Å². The van der Waals surface area contributed by atoms with Gasteiger partial charge in [0, 0.05) is 6.61 Å². The predicted molar refractivity (Wildman–Crippen MR) is 47.5 cm³/mol. The number of aliphatic hydroxyl groups is 1. The van der Waals surface area contributed by atoms with Crippen molar-refractivity contribution < 1.29 is 5.11 Å². The summed E-state index contributed by atoms with van der Waals surface area (Å²) in [7, 11) is 0. The Bertz CT molecular complexity index is 258. The van der Waals surface area contributed by atoms with Gasteiger partial charge in [-0.2, -0.15) is 5.10 Å². The largest absolute Gasteiger partial charge is 0.396 e. The lowest BCUT2D eigenvalue weighted by Gasteiger charge is -2.11. The summed E-state index contributed by atoms with van der Waals surface area (Å²) in [5.41, 5.74) is 11.6. The summed E-state index contributed by atoms with van der Waals surface area (Å²) in [4.78, 5) is 0. The normalized spacial score (nSPS) is 13.2. The van der Waals surface area contributed by atoms with Gasteiger partial charge >= 0.3 is 0 Å². The molecule has 0 radical (unpaired) electrons.